The molecule has 94 valence electrons. The second-order valence-electron chi connectivity index (χ2n) is 5.28. The minimum atomic E-state index is 0.683. The number of thioether (sulfide) groups is 1. The number of nitrogens with one attached hydrogen (secondary N) is 1. The second-order valence-corrected chi connectivity index (χ2v) is 6.60. The van der Waals surface area contributed by atoms with Gasteiger partial charge in [0.25, 0.3) is 0 Å². The van der Waals surface area contributed by atoms with Crippen LogP contribution in [0.5, 0.6) is 0 Å². The monoisotopic (exact) mass is 242 g/mol. The molecule has 0 aromatic carbocycles. The lowest BCUT2D eigenvalue weighted by Gasteiger charge is -2.36. The highest BCUT2D eigenvalue weighted by Gasteiger charge is 2.31. The van der Waals surface area contributed by atoms with Gasteiger partial charge in [-0.1, -0.05) is 6.92 Å². The average Bonchev–Trinajstić information content (AvgIpc) is 2.73. The minimum absolute atomic E-state index is 0.683. The van der Waals surface area contributed by atoms with Crippen LogP contribution in [0.2, 0.25) is 0 Å². The Balaban J connectivity index is 1.70. The van der Waals surface area contributed by atoms with Gasteiger partial charge in [-0.05, 0) is 51.4 Å². The Morgan fingerprint density at radius 2 is 2.25 bits per heavy atom. The molecule has 2 nitrogen and oxygen atoms in total. The molecular weight excluding hydrogens is 216 g/mol. The molecule has 0 saturated carbocycles. The highest BCUT2D eigenvalue weighted by Crippen LogP contribution is 2.27. The van der Waals surface area contributed by atoms with Crippen LogP contribution in [0.25, 0.3) is 0 Å². The number of nitrogens with zero attached hydrogens (tertiary/aromatic N) is 1. The van der Waals surface area contributed by atoms with E-state index in [2.05, 4.69) is 35.8 Å². The number of rotatable bonds is 5. The summed E-state index contributed by atoms with van der Waals surface area (Å²) in [5, 5.41) is 3.82. The fourth-order valence-electron chi connectivity index (χ4n) is 3.12. The van der Waals surface area contributed by atoms with Crippen molar-refractivity contribution < 1.29 is 0 Å². The summed E-state index contributed by atoms with van der Waals surface area (Å²) >= 11 is 2.05. The van der Waals surface area contributed by atoms with Crippen molar-refractivity contribution in [2.75, 3.05) is 24.6 Å². The predicted molar refractivity (Wildman–Crippen MR) is 73.2 cm³/mol. The summed E-state index contributed by atoms with van der Waals surface area (Å²) in [7, 11) is 0. The van der Waals surface area contributed by atoms with E-state index in [4.69, 9.17) is 0 Å². The Morgan fingerprint density at radius 1 is 1.38 bits per heavy atom. The van der Waals surface area contributed by atoms with Gasteiger partial charge in [-0.15, -0.1) is 0 Å². The van der Waals surface area contributed by atoms with E-state index >= 15 is 0 Å². The summed E-state index contributed by atoms with van der Waals surface area (Å²) in [5.74, 6) is 2.51. The maximum Gasteiger partial charge on any atom is 0.0132 e. The first-order valence-corrected chi connectivity index (χ1v) is 8.03. The van der Waals surface area contributed by atoms with Gasteiger partial charge >= 0.3 is 0 Å². The molecule has 2 heterocycles. The molecular formula is C13H26N2S. The van der Waals surface area contributed by atoms with E-state index in [0.29, 0.717) is 6.04 Å². The number of hydrogen-bond acceptors (Lipinski definition) is 3. The molecule has 0 amide bonds. The van der Waals surface area contributed by atoms with Gasteiger partial charge in [0.05, 0.1) is 0 Å². The summed E-state index contributed by atoms with van der Waals surface area (Å²) in [6.07, 6.45) is 5.62. The van der Waals surface area contributed by atoms with Crippen molar-refractivity contribution in [2.45, 2.75) is 57.7 Å². The molecule has 3 heteroatoms. The third-order valence-corrected chi connectivity index (χ3v) is 5.06. The molecule has 0 aromatic heterocycles. The first-order chi connectivity index (χ1) is 7.79. The first kappa shape index (κ1) is 12.7. The maximum absolute atomic E-state index is 3.82. The smallest absolute Gasteiger partial charge is 0.0132 e. The molecule has 0 spiro atoms. The number of fused-ring (bicyclic) bond motifs is 1. The Labute approximate surface area is 105 Å². The van der Waals surface area contributed by atoms with E-state index < -0.39 is 0 Å². The number of piperidine rings is 1. The van der Waals surface area contributed by atoms with Gasteiger partial charge in [-0.2, -0.15) is 11.8 Å². The van der Waals surface area contributed by atoms with E-state index in [1.807, 2.05) is 0 Å². The normalized spacial score (nSPS) is 32.6. The Hall–Kier alpha value is 0.270. The van der Waals surface area contributed by atoms with Crippen molar-refractivity contribution >= 4 is 11.8 Å². The van der Waals surface area contributed by atoms with E-state index in [9.17, 15) is 0 Å². The third kappa shape index (κ3) is 3.38. The Kier molecular flexibility index (Phi) is 4.98. The zero-order valence-corrected chi connectivity index (χ0v) is 11.6. The van der Waals surface area contributed by atoms with Crippen LogP contribution in [0.15, 0.2) is 0 Å². The van der Waals surface area contributed by atoms with Crippen LogP contribution < -0.4 is 5.32 Å². The molecule has 0 aromatic rings. The van der Waals surface area contributed by atoms with Crippen molar-refractivity contribution in [3.8, 4) is 0 Å². The van der Waals surface area contributed by atoms with E-state index in [-0.39, 0.29) is 0 Å². The largest absolute Gasteiger partial charge is 0.311 e. The summed E-state index contributed by atoms with van der Waals surface area (Å²) in [5.41, 5.74) is 0. The summed E-state index contributed by atoms with van der Waals surface area (Å²) < 4.78 is 0. The van der Waals surface area contributed by atoms with Gasteiger partial charge in [0, 0.05) is 23.9 Å². The standard InChI is InChI=1S/C13H26N2S/c1-3-16-10-11(2)14-12-6-8-15-7-4-5-13(15)9-12/h11-14H,3-10H2,1-2H3. The van der Waals surface area contributed by atoms with Crippen molar-refractivity contribution in [2.24, 2.45) is 0 Å². The topological polar surface area (TPSA) is 15.3 Å². The fourth-order valence-corrected chi connectivity index (χ4v) is 3.81. The van der Waals surface area contributed by atoms with E-state index in [1.165, 1.54) is 50.3 Å². The molecule has 2 fully saturated rings. The molecule has 1 N–H and O–H groups in total. The van der Waals surface area contributed by atoms with Crippen molar-refractivity contribution in [3.05, 3.63) is 0 Å². The number of hydrogen-bond donors (Lipinski definition) is 1. The van der Waals surface area contributed by atoms with Gasteiger partial charge in [-0.25, -0.2) is 0 Å². The molecule has 2 saturated heterocycles. The molecule has 3 atom stereocenters. The van der Waals surface area contributed by atoms with Crippen LogP contribution in [0, 0.1) is 0 Å². The third-order valence-electron chi connectivity index (χ3n) is 3.91. The van der Waals surface area contributed by atoms with Gasteiger partial charge in [0.15, 0.2) is 0 Å². The predicted octanol–water partition coefficient (Wildman–Crippen LogP) is 2.34. The van der Waals surface area contributed by atoms with Crippen molar-refractivity contribution in [1.29, 1.82) is 0 Å². The van der Waals surface area contributed by atoms with Gasteiger partial charge in [0.2, 0.25) is 0 Å². The second kappa shape index (κ2) is 6.27. The molecule has 16 heavy (non-hydrogen) atoms. The SMILES string of the molecule is CCSCC(C)NC1CCN2CCCC2C1. The first-order valence-electron chi connectivity index (χ1n) is 6.87. The van der Waals surface area contributed by atoms with E-state index in [1.54, 1.807) is 0 Å². The van der Waals surface area contributed by atoms with Gasteiger partial charge in [0.1, 0.15) is 0 Å². The van der Waals surface area contributed by atoms with Gasteiger partial charge in [-0.3, -0.25) is 0 Å². The van der Waals surface area contributed by atoms with Crippen LogP contribution in [-0.4, -0.2) is 47.6 Å². The molecule has 3 unspecified atom stereocenters. The fraction of sp³-hybridized carbons (Fsp3) is 1.00. The molecule has 0 aliphatic carbocycles. The zero-order chi connectivity index (χ0) is 11.4. The highest BCUT2D eigenvalue weighted by molar-refractivity contribution is 7.99. The quantitative estimate of drug-likeness (QED) is 0.797. The van der Waals surface area contributed by atoms with Crippen LogP contribution >= 0.6 is 11.8 Å². The summed E-state index contributed by atoms with van der Waals surface area (Å²) in [6.45, 7) is 7.27. The van der Waals surface area contributed by atoms with Crippen LogP contribution in [-0.2, 0) is 0 Å². The molecule has 2 rings (SSSR count). The van der Waals surface area contributed by atoms with Crippen LogP contribution in [0.4, 0.5) is 0 Å². The molecule has 2 aliphatic heterocycles. The average molecular weight is 242 g/mol. The van der Waals surface area contributed by atoms with Crippen LogP contribution in [0.3, 0.4) is 0 Å². The van der Waals surface area contributed by atoms with Crippen LogP contribution in [0.1, 0.15) is 39.5 Å². The maximum atomic E-state index is 3.82. The zero-order valence-electron chi connectivity index (χ0n) is 10.7. The molecule has 0 bridgehead atoms. The lowest BCUT2D eigenvalue weighted by Crippen LogP contribution is -2.48. The van der Waals surface area contributed by atoms with Crippen molar-refractivity contribution in [1.82, 2.24) is 10.2 Å². The van der Waals surface area contributed by atoms with Crippen molar-refractivity contribution in [3.63, 3.8) is 0 Å². The minimum Gasteiger partial charge on any atom is -0.311 e. The summed E-state index contributed by atoms with van der Waals surface area (Å²) in [6, 6.07) is 2.37. The lowest BCUT2D eigenvalue weighted by molar-refractivity contribution is 0.163. The Bertz CT molecular complexity index is 210. The molecule has 2 aliphatic rings. The van der Waals surface area contributed by atoms with E-state index in [0.717, 1.165) is 12.1 Å². The molecule has 0 radical (unpaired) electrons. The summed E-state index contributed by atoms with van der Waals surface area (Å²) in [4.78, 5) is 2.70. The van der Waals surface area contributed by atoms with Gasteiger partial charge < -0.3 is 10.2 Å². The Morgan fingerprint density at radius 3 is 3.06 bits per heavy atom. The lowest BCUT2D eigenvalue weighted by atomic mass is 9.97. The highest BCUT2D eigenvalue weighted by atomic mass is 32.2.